The number of aromatic hydroxyl groups is 1. The number of nitrogens with one attached hydrogen (secondary N) is 2. The van der Waals surface area contributed by atoms with Gasteiger partial charge in [0.15, 0.2) is 12.4 Å². The van der Waals surface area contributed by atoms with Crippen molar-refractivity contribution in [3.63, 3.8) is 0 Å². The fourth-order valence-corrected chi connectivity index (χ4v) is 2.11. The van der Waals surface area contributed by atoms with E-state index in [4.69, 9.17) is 0 Å². The van der Waals surface area contributed by atoms with Crippen LogP contribution >= 0.6 is 0 Å². The molecule has 0 fully saturated rings. The van der Waals surface area contributed by atoms with Gasteiger partial charge in [-0.1, -0.05) is 13.8 Å². The molecule has 2 amide bonds. The number of carbonyl (C=O) groups is 2. The monoisotopic (exact) mass is 344 g/mol. The molecule has 1 atom stereocenters. The van der Waals surface area contributed by atoms with Gasteiger partial charge in [0, 0.05) is 18.7 Å². The van der Waals surface area contributed by atoms with Crippen molar-refractivity contribution in [3.05, 3.63) is 59.3 Å². The van der Waals surface area contributed by atoms with Crippen LogP contribution in [0.1, 0.15) is 34.7 Å². The third kappa shape index (κ3) is 5.17. The first-order chi connectivity index (χ1) is 11.9. The fraction of sp³-hybridized carbons (Fsp3) is 0.294. The van der Waals surface area contributed by atoms with Gasteiger partial charge in [-0.3, -0.25) is 9.59 Å². The Morgan fingerprint density at radius 2 is 2.04 bits per heavy atom. The molecule has 2 aromatic heterocycles. The van der Waals surface area contributed by atoms with Crippen molar-refractivity contribution in [1.82, 2.24) is 15.6 Å². The zero-order valence-corrected chi connectivity index (χ0v) is 14.0. The average Bonchev–Trinajstić information content (AvgIpc) is 2.58. The van der Waals surface area contributed by atoms with E-state index in [-0.39, 0.29) is 35.5 Å². The Labute approximate surface area is 145 Å². The Bertz CT molecular complexity index is 747. The summed E-state index contributed by atoms with van der Waals surface area (Å²) in [6, 6.07) is 5.49. The van der Waals surface area contributed by atoms with Crippen LogP contribution in [-0.4, -0.2) is 34.5 Å². The Morgan fingerprint density at radius 1 is 1.28 bits per heavy atom. The van der Waals surface area contributed by atoms with E-state index < -0.39 is 11.8 Å². The summed E-state index contributed by atoms with van der Waals surface area (Å²) in [4.78, 5) is 28.2. The summed E-state index contributed by atoms with van der Waals surface area (Å²) in [6.07, 6.45) is 3.66. The van der Waals surface area contributed by atoms with Crippen molar-refractivity contribution < 1.29 is 19.4 Å². The first kappa shape index (κ1) is 18.2. The Kier molecular flexibility index (Phi) is 5.89. The van der Waals surface area contributed by atoms with E-state index >= 15 is 0 Å². The van der Waals surface area contributed by atoms with Crippen molar-refractivity contribution in [3.8, 4) is 5.75 Å². The second-order valence-electron chi connectivity index (χ2n) is 5.89. The fourth-order valence-electron chi connectivity index (χ4n) is 2.11. The van der Waals surface area contributed by atoms with Crippen LogP contribution in [0.4, 0.5) is 0 Å². The third-order valence-corrected chi connectivity index (χ3v) is 3.62. The molecule has 0 bridgehead atoms. The van der Waals surface area contributed by atoms with E-state index in [0.717, 1.165) is 0 Å². The van der Waals surface area contributed by atoms with Crippen LogP contribution in [0.5, 0.6) is 5.75 Å². The highest BCUT2D eigenvalue weighted by atomic mass is 16.5. The quantitative estimate of drug-likeness (QED) is 0.524. The third-order valence-electron chi connectivity index (χ3n) is 3.62. The van der Waals surface area contributed by atoms with Crippen molar-refractivity contribution in [2.24, 2.45) is 5.92 Å². The lowest BCUT2D eigenvalue weighted by Gasteiger charge is -2.22. The van der Waals surface area contributed by atoms with Crippen LogP contribution in [0.2, 0.25) is 0 Å². The van der Waals surface area contributed by atoms with Gasteiger partial charge in [-0.2, -0.15) is 4.73 Å². The normalized spacial score (nSPS) is 11.8. The number of hydrogen-bond donors (Lipinski definition) is 3. The van der Waals surface area contributed by atoms with Crippen LogP contribution < -0.4 is 15.4 Å². The lowest BCUT2D eigenvalue weighted by molar-refractivity contribution is -0.605. The van der Waals surface area contributed by atoms with E-state index in [0.29, 0.717) is 4.73 Å². The number of aromatic nitrogens is 2. The number of hydrogen-bond acceptors (Lipinski definition) is 5. The number of carbonyl (C=O) groups excluding carboxylic acids is 2. The van der Waals surface area contributed by atoms with Gasteiger partial charge in [-0.05, 0) is 24.1 Å². The van der Waals surface area contributed by atoms with E-state index in [2.05, 4.69) is 15.6 Å². The maximum absolute atomic E-state index is 12.2. The molecular weight excluding hydrogens is 324 g/mol. The van der Waals surface area contributed by atoms with Crippen LogP contribution in [0.15, 0.2) is 42.9 Å². The van der Waals surface area contributed by atoms with Crippen LogP contribution in [0.25, 0.3) is 0 Å². The molecule has 0 aliphatic carbocycles. The molecule has 0 saturated carbocycles. The van der Waals surface area contributed by atoms with Crippen LogP contribution in [0, 0.1) is 11.1 Å². The highest BCUT2D eigenvalue weighted by Crippen LogP contribution is 2.07. The molecule has 25 heavy (non-hydrogen) atoms. The summed E-state index contributed by atoms with van der Waals surface area (Å²) in [5, 5.41) is 26.0. The molecule has 0 spiro atoms. The van der Waals surface area contributed by atoms with Crippen molar-refractivity contribution in [1.29, 1.82) is 0 Å². The van der Waals surface area contributed by atoms with Gasteiger partial charge in [0.1, 0.15) is 17.0 Å². The Morgan fingerprint density at radius 3 is 2.64 bits per heavy atom. The van der Waals surface area contributed by atoms with Gasteiger partial charge in [-0.15, -0.1) is 0 Å². The minimum atomic E-state index is -0.398. The average molecular weight is 344 g/mol. The molecule has 0 unspecified atom stereocenters. The topological polar surface area (TPSA) is 118 Å². The molecule has 0 radical (unpaired) electrons. The summed E-state index contributed by atoms with van der Waals surface area (Å²) < 4.78 is 0.549. The minimum absolute atomic E-state index is 0.0253. The van der Waals surface area contributed by atoms with Gasteiger partial charge in [0.2, 0.25) is 0 Å². The van der Waals surface area contributed by atoms with Crippen LogP contribution in [0.3, 0.4) is 0 Å². The Balaban J connectivity index is 1.97. The molecule has 0 saturated heterocycles. The molecule has 0 aliphatic rings. The standard InChI is InChI=1S/C17H20N4O4/c1-11(2)15(20-17(24)14-6-5-13(22)8-18-14)9-19-16(23)12-4-3-7-21(25)10-12/h3-8,10-11,15,22H,9H2,1-2H3,(H,19,23)(H,20,24)/t15-/m1/s1. The number of nitrogens with zero attached hydrogens (tertiary/aromatic N) is 2. The summed E-state index contributed by atoms with van der Waals surface area (Å²) in [5.41, 5.74) is 0.414. The maximum Gasteiger partial charge on any atom is 0.270 e. The summed E-state index contributed by atoms with van der Waals surface area (Å²) in [6.45, 7) is 4.03. The molecule has 132 valence electrons. The number of amides is 2. The van der Waals surface area contributed by atoms with Gasteiger partial charge in [0.05, 0.1) is 6.20 Å². The second kappa shape index (κ2) is 8.09. The molecule has 8 heteroatoms. The smallest absolute Gasteiger partial charge is 0.270 e. The van der Waals surface area contributed by atoms with Crippen LogP contribution in [-0.2, 0) is 0 Å². The summed E-state index contributed by atoms with van der Waals surface area (Å²) >= 11 is 0. The van der Waals surface area contributed by atoms with Crippen molar-refractivity contribution in [2.75, 3.05) is 6.54 Å². The number of rotatable bonds is 6. The SMILES string of the molecule is CC(C)[C@@H](CNC(=O)c1ccc[n+]([O-])c1)NC(=O)c1ccc(O)cn1. The van der Waals surface area contributed by atoms with E-state index in [9.17, 15) is 19.9 Å². The summed E-state index contributed by atoms with van der Waals surface area (Å²) in [5.74, 6) is -0.762. The van der Waals surface area contributed by atoms with E-state index in [1.54, 1.807) is 0 Å². The first-order valence-electron chi connectivity index (χ1n) is 7.79. The minimum Gasteiger partial charge on any atom is -0.619 e. The molecule has 8 nitrogen and oxygen atoms in total. The first-order valence-corrected chi connectivity index (χ1v) is 7.79. The summed E-state index contributed by atoms with van der Waals surface area (Å²) in [7, 11) is 0. The molecule has 2 heterocycles. The van der Waals surface area contributed by atoms with Crippen molar-refractivity contribution >= 4 is 11.8 Å². The highest BCUT2D eigenvalue weighted by molar-refractivity contribution is 5.94. The predicted octanol–water partition coefficient (Wildman–Crippen LogP) is 0.605. The van der Waals surface area contributed by atoms with E-state index in [1.165, 1.54) is 42.9 Å². The molecule has 0 aromatic carbocycles. The molecule has 2 aromatic rings. The van der Waals surface area contributed by atoms with Gasteiger partial charge in [0.25, 0.3) is 11.8 Å². The molecular formula is C17H20N4O4. The second-order valence-corrected chi connectivity index (χ2v) is 5.89. The molecule has 3 N–H and O–H groups in total. The lowest BCUT2D eigenvalue weighted by Crippen LogP contribution is -2.47. The maximum atomic E-state index is 12.2. The molecule has 0 aliphatic heterocycles. The molecule has 2 rings (SSSR count). The number of pyridine rings is 2. The van der Waals surface area contributed by atoms with Crippen molar-refractivity contribution in [2.45, 2.75) is 19.9 Å². The van der Waals surface area contributed by atoms with Gasteiger partial charge < -0.3 is 20.9 Å². The largest absolute Gasteiger partial charge is 0.619 e. The van der Waals surface area contributed by atoms with Gasteiger partial charge >= 0.3 is 0 Å². The highest BCUT2D eigenvalue weighted by Gasteiger charge is 2.19. The Hall–Kier alpha value is -3.16. The lowest BCUT2D eigenvalue weighted by atomic mass is 10.0. The predicted molar refractivity (Wildman–Crippen MR) is 89.7 cm³/mol. The zero-order valence-electron chi connectivity index (χ0n) is 14.0. The van der Waals surface area contributed by atoms with Gasteiger partial charge in [-0.25, -0.2) is 4.98 Å². The zero-order chi connectivity index (χ0) is 18.4. The van der Waals surface area contributed by atoms with E-state index in [1.807, 2.05) is 13.8 Å².